The van der Waals surface area contributed by atoms with Gasteiger partial charge in [0.05, 0.1) is 19.0 Å². The lowest BCUT2D eigenvalue weighted by Gasteiger charge is -2.34. The molecule has 0 aromatic carbocycles. The predicted molar refractivity (Wildman–Crippen MR) is 87.6 cm³/mol. The first kappa shape index (κ1) is 19.3. The third-order valence-corrected chi connectivity index (χ3v) is 5.16. The molecule has 1 amide bonds. The molecule has 1 saturated heterocycles. The van der Waals surface area contributed by atoms with Gasteiger partial charge in [0.25, 0.3) is 5.91 Å². The van der Waals surface area contributed by atoms with Crippen LogP contribution < -0.4 is 0 Å². The van der Waals surface area contributed by atoms with Crippen LogP contribution in [0, 0.1) is 6.92 Å². The van der Waals surface area contributed by atoms with Crippen molar-refractivity contribution < 1.29 is 27.9 Å². The number of hydrogen-bond donors (Lipinski definition) is 1. The van der Waals surface area contributed by atoms with Crippen LogP contribution in [0.1, 0.15) is 16.2 Å². The fourth-order valence-corrected chi connectivity index (χ4v) is 3.32. The van der Waals surface area contributed by atoms with Crippen molar-refractivity contribution in [1.29, 1.82) is 0 Å². The standard InChI is InChI=1S/C14H22N4O6S/c1-10-6-12(15-16(10)2)14(21)17-4-5-24-11(7-17)8-18(9-13(19)20)25(3,22)23/h6,11H,4-5,7-9H2,1-3H3,(H,19,20)/t11-/m0/s1. The highest BCUT2D eigenvalue weighted by Gasteiger charge is 2.30. The molecule has 2 rings (SSSR count). The monoisotopic (exact) mass is 374 g/mol. The number of morpholine rings is 1. The Hall–Kier alpha value is -1.98. The average Bonchev–Trinajstić information content (AvgIpc) is 2.84. The van der Waals surface area contributed by atoms with Crippen molar-refractivity contribution in [3.05, 3.63) is 17.5 Å². The van der Waals surface area contributed by atoms with Crippen molar-refractivity contribution in [3.8, 4) is 0 Å². The number of carboxylic acid groups (broad SMARTS) is 1. The molecule has 11 heteroatoms. The number of carboxylic acids is 1. The highest BCUT2D eigenvalue weighted by atomic mass is 32.2. The highest BCUT2D eigenvalue weighted by Crippen LogP contribution is 2.13. The van der Waals surface area contributed by atoms with Crippen LogP contribution in [-0.2, 0) is 26.6 Å². The second-order valence-corrected chi connectivity index (χ2v) is 7.97. The molecule has 2 heterocycles. The molecule has 1 aromatic heterocycles. The third kappa shape index (κ3) is 5.00. The molecule has 0 bridgehead atoms. The number of amides is 1. The van der Waals surface area contributed by atoms with E-state index in [4.69, 9.17) is 9.84 Å². The van der Waals surface area contributed by atoms with Gasteiger partial charge >= 0.3 is 5.97 Å². The fourth-order valence-electron chi connectivity index (χ4n) is 2.54. The van der Waals surface area contributed by atoms with Crippen molar-refractivity contribution in [3.63, 3.8) is 0 Å². The molecule has 0 spiro atoms. The largest absolute Gasteiger partial charge is 0.480 e. The van der Waals surface area contributed by atoms with Gasteiger partial charge < -0.3 is 14.7 Å². The molecule has 0 unspecified atom stereocenters. The molecule has 1 aliphatic heterocycles. The number of aliphatic carboxylic acids is 1. The Morgan fingerprint density at radius 3 is 2.68 bits per heavy atom. The molecule has 1 aliphatic rings. The van der Waals surface area contributed by atoms with Crippen LogP contribution in [0.2, 0.25) is 0 Å². The van der Waals surface area contributed by atoms with Crippen LogP contribution >= 0.6 is 0 Å². The molecular formula is C14H22N4O6S. The summed E-state index contributed by atoms with van der Waals surface area (Å²) in [5, 5.41) is 13.0. The Kier molecular flexibility index (Phi) is 5.80. The second kappa shape index (κ2) is 7.50. The molecule has 1 aromatic rings. The minimum atomic E-state index is -3.70. The Morgan fingerprint density at radius 1 is 1.48 bits per heavy atom. The maximum Gasteiger partial charge on any atom is 0.318 e. The first-order valence-electron chi connectivity index (χ1n) is 7.66. The van der Waals surface area contributed by atoms with Crippen molar-refractivity contribution in [2.75, 3.05) is 39.0 Å². The lowest BCUT2D eigenvalue weighted by Crippen LogP contribution is -2.51. The Balaban J connectivity index is 2.06. The number of rotatable bonds is 6. The number of hydrogen-bond acceptors (Lipinski definition) is 6. The smallest absolute Gasteiger partial charge is 0.318 e. The SMILES string of the molecule is Cc1cc(C(=O)N2CCO[C@H](CN(CC(=O)O)S(C)(=O)=O)C2)nn1C. The first-order valence-corrected chi connectivity index (χ1v) is 9.51. The summed E-state index contributed by atoms with van der Waals surface area (Å²) >= 11 is 0. The summed E-state index contributed by atoms with van der Waals surface area (Å²) in [6.07, 6.45) is 0.342. The molecule has 0 saturated carbocycles. The van der Waals surface area contributed by atoms with Crippen molar-refractivity contribution in [2.24, 2.45) is 7.05 Å². The quantitative estimate of drug-likeness (QED) is 0.672. The number of sulfonamides is 1. The molecule has 0 aliphatic carbocycles. The van der Waals surface area contributed by atoms with Crippen LogP contribution in [0.4, 0.5) is 0 Å². The topological polar surface area (TPSA) is 122 Å². The van der Waals surface area contributed by atoms with Gasteiger partial charge in [-0.1, -0.05) is 0 Å². The number of carbonyl (C=O) groups is 2. The molecular weight excluding hydrogens is 352 g/mol. The second-order valence-electron chi connectivity index (χ2n) is 5.99. The lowest BCUT2D eigenvalue weighted by atomic mass is 10.2. The molecule has 140 valence electrons. The summed E-state index contributed by atoms with van der Waals surface area (Å²) < 4.78 is 31.4. The Labute approximate surface area is 146 Å². The van der Waals surface area contributed by atoms with E-state index in [1.54, 1.807) is 17.8 Å². The van der Waals surface area contributed by atoms with E-state index in [-0.39, 0.29) is 25.6 Å². The van der Waals surface area contributed by atoms with Crippen molar-refractivity contribution in [2.45, 2.75) is 13.0 Å². The highest BCUT2D eigenvalue weighted by molar-refractivity contribution is 7.88. The minimum absolute atomic E-state index is 0.129. The summed E-state index contributed by atoms with van der Waals surface area (Å²) in [4.78, 5) is 24.9. The zero-order chi connectivity index (χ0) is 18.8. The van der Waals surface area contributed by atoms with Gasteiger partial charge in [0.2, 0.25) is 10.0 Å². The molecule has 1 fully saturated rings. The molecule has 10 nitrogen and oxygen atoms in total. The fraction of sp³-hybridized carbons (Fsp3) is 0.643. The summed E-state index contributed by atoms with van der Waals surface area (Å²) in [5.74, 6) is -1.51. The van der Waals surface area contributed by atoms with Gasteiger partial charge in [-0.3, -0.25) is 14.3 Å². The minimum Gasteiger partial charge on any atom is -0.480 e. The third-order valence-electron chi connectivity index (χ3n) is 3.95. The van der Waals surface area contributed by atoms with Crippen LogP contribution in [0.15, 0.2) is 6.07 Å². The van der Waals surface area contributed by atoms with Crippen molar-refractivity contribution in [1.82, 2.24) is 19.0 Å². The Bertz CT molecular complexity index is 740. The molecule has 0 radical (unpaired) electrons. The maximum atomic E-state index is 12.5. The normalized spacial score (nSPS) is 18.6. The zero-order valence-corrected chi connectivity index (χ0v) is 15.2. The molecule has 1 atom stereocenters. The summed E-state index contributed by atoms with van der Waals surface area (Å²) in [7, 11) is -1.96. The van der Waals surface area contributed by atoms with Crippen LogP contribution in [-0.4, -0.2) is 89.5 Å². The van der Waals surface area contributed by atoms with Gasteiger partial charge in [0.1, 0.15) is 6.54 Å². The van der Waals surface area contributed by atoms with Crippen LogP contribution in [0.3, 0.4) is 0 Å². The van der Waals surface area contributed by atoms with E-state index in [1.165, 1.54) is 4.90 Å². The van der Waals surface area contributed by atoms with E-state index in [0.717, 1.165) is 16.3 Å². The van der Waals surface area contributed by atoms with Gasteiger partial charge in [-0.2, -0.15) is 9.40 Å². The maximum absolute atomic E-state index is 12.5. The van der Waals surface area contributed by atoms with Crippen LogP contribution in [0.5, 0.6) is 0 Å². The van der Waals surface area contributed by atoms with Gasteiger partial charge in [-0.25, -0.2) is 8.42 Å². The molecule has 25 heavy (non-hydrogen) atoms. The summed E-state index contributed by atoms with van der Waals surface area (Å²) in [6.45, 7) is 1.83. The zero-order valence-electron chi connectivity index (χ0n) is 14.4. The van der Waals surface area contributed by atoms with E-state index < -0.39 is 28.6 Å². The number of ether oxygens (including phenoxy) is 1. The number of aromatic nitrogens is 2. The van der Waals surface area contributed by atoms with E-state index in [2.05, 4.69) is 5.10 Å². The molecule has 1 N–H and O–H groups in total. The van der Waals surface area contributed by atoms with Gasteiger partial charge in [-0.15, -0.1) is 0 Å². The van der Waals surface area contributed by atoms with Crippen LogP contribution in [0.25, 0.3) is 0 Å². The van der Waals surface area contributed by atoms with E-state index >= 15 is 0 Å². The Morgan fingerprint density at radius 2 is 2.16 bits per heavy atom. The van der Waals surface area contributed by atoms with Gasteiger partial charge in [0.15, 0.2) is 5.69 Å². The average molecular weight is 374 g/mol. The van der Waals surface area contributed by atoms with Gasteiger partial charge in [0, 0.05) is 32.4 Å². The summed E-state index contributed by atoms with van der Waals surface area (Å²) in [5.41, 5.74) is 1.16. The summed E-state index contributed by atoms with van der Waals surface area (Å²) in [6, 6.07) is 1.68. The lowest BCUT2D eigenvalue weighted by molar-refractivity contribution is -0.137. The number of aryl methyl sites for hydroxylation is 2. The van der Waals surface area contributed by atoms with E-state index in [9.17, 15) is 18.0 Å². The number of nitrogens with zero attached hydrogens (tertiary/aromatic N) is 4. The predicted octanol–water partition coefficient (Wildman–Crippen LogP) is -1.08. The number of carbonyl (C=O) groups excluding carboxylic acids is 1. The van der Waals surface area contributed by atoms with E-state index in [1.807, 2.05) is 6.92 Å². The van der Waals surface area contributed by atoms with Crippen molar-refractivity contribution >= 4 is 21.9 Å². The van der Waals surface area contributed by atoms with Gasteiger partial charge in [-0.05, 0) is 13.0 Å². The first-order chi connectivity index (χ1) is 11.6. The van der Waals surface area contributed by atoms with E-state index in [0.29, 0.717) is 12.2 Å².